The molecule has 0 spiro atoms. The van der Waals surface area contributed by atoms with Crippen molar-refractivity contribution in [2.75, 3.05) is 26.1 Å². The second kappa shape index (κ2) is 6.27. The van der Waals surface area contributed by atoms with E-state index in [4.69, 9.17) is 9.47 Å². The molecular formula is C14H20N4O2. The maximum absolute atomic E-state index is 5.46. The van der Waals surface area contributed by atoms with Gasteiger partial charge in [-0.1, -0.05) is 6.07 Å². The first kappa shape index (κ1) is 14.2. The average Bonchev–Trinajstić information content (AvgIpc) is 2.89. The molecule has 108 valence electrons. The Labute approximate surface area is 118 Å². The summed E-state index contributed by atoms with van der Waals surface area (Å²) in [6, 6.07) is 5.73. The van der Waals surface area contributed by atoms with Crippen molar-refractivity contribution < 1.29 is 9.47 Å². The van der Waals surface area contributed by atoms with E-state index in [1.165, 1.54) is 0 Å². The molecule has 1 N–H and O–H groups in total. The molecule has 1 heterocycles. The number of rotatable bonds is 6. The monoisotopic (exact) mass is 276 g/mol. The van der Waals surface area contributed by atoms with E-state index in [9.17, 15) is 0 Å². The Balaban J connectivity index is 2.56. The lowest BCUT2D eigenvalue weighted by molar-refractivity contribution is 0.356. The zero-order chi connectivity index (χ0) is 14.5. The van der Waals surface area contributed by atoms with Crippen LogP contribution in [0.2, 0.25) is 0 Å². The molecule has 0 unspecified atom stereocenters. The molecule has 2 aromatic rings. The smallest absolute Gasteiger partial charge is 0.224 e. The van der Waals surface area contributed by atoms with E-state index in [1.54, 1.807) is 14.2 Å². The lowest BCUT2D eigenvalue weighted by Gasteiger charge is -2.13. The van der Waals surface area contributed by atoms with Crippen molar-refractivity contribution in [3.8, 4) is 22.9 Å². The highest BCUT2D eigenvalue weighted by molar-refractivity contribution is 5.69. The molecule has 1 aromatic carbocycles. The predicted molar refractivity (Wildman–Crippen MR) is 78.4 cm³/mol. The van der Waals surface area contributed by atoms with Gasteiger partial charge in [-0.3, -0.25) is 4.57 Å². The number of methoxy groups -OCH3 is 2. The van der Waals surface area contributed by atoms with Gasteiger partial charge in [0.15, 0.2) is 17.3 Å². The van der Waals surface area contributed by atoms with Crippen molar-refractivity contribution in [2.24, 2.45) is 0 Å². The quantitative estimate of drug-likeness (QED) is 0.878. The number of hydrogen-bond acceptors (Lipinski definition) is 5. The summed E-state index contributed by atoms with van der Waals surface area (Å²) in [6.07, 6.45) is 0. The first-order valence-electron chi connectivity index (χ1n) is 6.65. The molecule has 0 saturated heterocycles. The third-order valence-electron chi connectivity index (χ3n) is 3.05. The van der Waals surface area contributed by atoms with Gasteiger partial charge in [0.05, 0.1) is 19.8 Å². The third-order valence-corrected chi connectivity index (χ3v) is 3.05. The van der Waals surface area contributed by atoms with Crippen LogP contribution < -0.4 is 14.8 Å². The van der Waals surface area contributed by atoms with E-state index in [2.05, 4.69) is 22.4 Å². The summed E-state index contributed by atoms with van der Waals surface area (Å²) in [5.41, 5.74) is 0.866. The molecule has 0 fully saturated rings. The number of ether oxygens (including phenoxy) is 2. The fourth-order valence-electron chi connectivity index (χ4n) is 2.15. The second-order valence-corrected chi connectivity index (χ2v) is 4.16. The number of nitrogens with one attached hydrogen (secondary N) is 1. The minimum atomic E-state index is 0.667. The van der Waals surface area contributed by atoms with Gasteiger partial charge in [-0.15, -0.1) is 10.2 Å². The molecule has 6 nitrogen and oxygen atoms in total. The van der Waals surface area contributed by atoms with E-state index in [1.807, 2.05) is 29.7 Å². The van der Waals surface area contributed by atoms with E-state index >= 15 is 0 Å². The Morgan fingerprint density at radius 3 is 2.55 bits per heavy atom. The number of benzene rings is 1. The van der Waals surface area contributed by atoms with Crippen molar-refractivity contribution >= 4 is 5.95 Å². The van der Waals surface area contributed by atoms with Crippen LogP contribution >= 0.6 is 0 Å². The van der Waals surface area contributed by atoms with Gasteiger partial charge in [-0.25, -0.2) is 0 Å². The molecule has 1 aromatic heterocycles. The Hall–Kier alpha value is -2.24. The highest BCUT2D eigenvalue weighted by atomic mass is 16.5. The summed E-state index contributed by atoms with van der Waals surface area (Å²) >= 11 is 0. The summed E-state index contributed by atoms with van der Waals surface area (Å²) in [4.78, 5) is 0. The van der Waals surface area contributed by atoms with E-state index in [0.717, 1.165) is 30.4 Å². The Morgan fingerprint density at radius 1 is 1.15 bits per heavy atom. The maximum atomic E-state index is 5.46. The second-order valence-electron chi connectivity index (χ2n) is 4.16. The normalized spacial score (nSPS) is 10.4. The summed E-state index contributed by atoms with van der Waals surface area (Å²) in [7, 11) is 3.25. The van der Waals surface area contributed by atoms with Crippen LogP contribution in [0, 0.1) is 0 Å². The largest absolute Gasteiger partial charge is 0.493 e. The van der Waals surface area contributed by atoms with Crippen molar-refractivity contribution in [3.63, 3.8) is 0 Å². The molecule has 0 amide bonds. The van der Waals surface area contributed by atoms with Crippen molar-refractivity contribution in [1.29, 1.82) is 0 Å². The summed E-state index contributed by atoms with van der Waals surface area (Å²) in [5.74, 6) is 2.87. The molecule has 0 atom stereocenters. The van der Waals surface area contributed by atoms with E-state index < -0.39 is 0 Å². The zero-order valence-electron chi connectivity index (χ0n) is 12.3. The van der Waals surface area contributed by atoms with Crippen LogP contribution in [-0.4, -0.2) is 35.5 Å². The number of aromatic nitrogens is 3. The molecular weight excluding hydrogens is 256 g/mol. The molecule has 0 bridgehead atoms. The number of nitrogens with zero attached hydrogens (tertiary/aromatic N) is 3. The van der Waals surface area contributed by atoms with Crippen LogP contribution in [0.3, 0.4) is 0 Å². The maximum Gasteiger partial charge on any atom is 0.224 e. The Morgan fingerprint density at radius 2 is 1.95 bits per heavy atom. The van der Waals surface area contributed by atoms with Gasteiger partial charge >= 0.3 is 0 Å². The van der Waals surface area contributed by atoms with Crippen LogP contribution in [0.25, 0.3) is 11.4 Å². The van der Waals surface area contributed by atoms with E-state index in [-0.39, 0.29) is 0 Å². The predicted octanol–water partition coefficient (Wildman–Crippen LogP) is 2.41. The first-order valence-corrected chi connectivity index (χ1v) is 6.65. The van der Waals surface area contributed by atoms with Gasteiger partial charge < -0.3 is 14.8 Å². The van der Waals surface area contributed by atoms with Crippen molar-refractivity contribution in [1.82, 2.24) is 14.8 Å². The van der Waals surface area contributed by atoms with Crippen LogP contribution in [0.15, 0.2) is 18.2 Å². The highest BCUT2D eigenvalue weighted by Gasteiger charge is 2.18. The van der Waals surface area contributed by atoms with Crippen LogP contribution in [-0.2, 0) is 6.54 Å². The molecule has 0 aliphatic rings. The van der Waals surface area contributed by atoms with Crippen molar-refractivity contribution in [3.05, 3.63) is 18.2 Å². The molecule has 0 aliphatic carbocycles. The van der Waals surface area contributed by atoms with Gasteiger partial charge in [-0.2, -0.15) is 0 Å². The molecule has 20 heavy (non-hydrogen) atoms. The molecule has 6 heteroatoms. The SMILES string of the molecule is CCNc1nnc(-c2cccc(OC)c2OC)n1CC. The molecule has 0 radical (unpaired) electrons. The number of anilines is 1. The lowest BCUT2D eigenvalue weighted by atomic mass is 10.1. The molecule has 2 rings (SSSR count). The van der Waals surface area contributed by atoms with Gasteiger partial charge in [0.25, 0.3) is 0 Å². The number of hydrogen-bond donors (Lipinski definition) is 1. The van der Waals surface area contributed by atoms with E-state index in [0.29, 0.717) is 11.5 Å². The van der Waals surface area contributed by atoms with Crippen LogP contribution in [0.4, 0.5) is 5.95 Å². The average molecular weight is 276 g/mol. The standard InChI is InChI=1S/C14H20N4O2/c1-5-15-14-17-16-13(18(14)6-2)10-8-7-9-11(19-3)12(10)20-4/h7-9H,5-6H2,1-4H3,(H,15,17). The molecule has 0 saturated carbocycles. The van der Waals surface area contributed by atoms with Gasteiger partial charge in [0.1, 0.15) is 0 Å². The summed E-state index contributed by atoms with van der Waals surface area (Å²) < 4.78 is 12.8. The fourth-order valence-corrected chi connectivity index (χ4v) is 2.15. The summed E-state index contributed by atoms with van der Waals surface area (Å²) in [5, 5.41) is 11.7. The third kappa shape index (κ3) is 2.41. The van der Waals surface area contributed by atoms with Crippen LogP contribution in [0.1, 0.15) is 13.8 Å². The minimum absolute atomic E-state index is 0.667. The van der Waals surface area contributed by atoms with Gasteiger partial charge in [0, 0.05) is 13.1 Å². The van der Waals surface area contributed by atoms with Crippen molar-refractivity contribution in [2.45, 2.75) is 20.4 Å². The number of para-hydroxylation sites is 1. The molecule has 0 aliphatic heterocycles. The Bertz CT molecular complexity index is 581. The lowest BCUT2D eigenvalue weighted by Crippen LogP contribution is -2.07. The topological polar surface area (TPSA) is 61.2 Å². The highest BCUT2D eigenvalue weighted by Crippen LogP contribution is 2.37. The summed E-state index contributed by atoms with van der Waals surface area (Å²) in [6.45, 7) is 5.65. The minimum Gasteiger partial charge on any atom is -0.493 e. The zero-order valence-corrected chi connectivity index (χ0v) is 12.3. The fraction of sp³-hybridized carbons (Fsp3) is 0.429. The van der Waals surface area contributed by atoms with Gasteiger partial charge in [0.2, 0.25) is 5.95 Å². The Kier molecular flexibility index (Phi) is 4.45. The van der Waals surface area contributed by atoms with Gasteiger partial charge in [-0.05, 0) is 26.0 Å². The first-order chi connectivity index (χ1) is 9.76. The van der Waals surface area contributed by atoms with Crippen LogP contribution in [0.5, 0.6) is 11.5 Å².